The highest BCUT2D eigenvalue weighted by Crippen LogP contribution is 2.43. The fourth-order valence-electron chi connectivity index (χ4n) is 4.60. The summed E-state index contributed by atoms with van der Waals surface area (Å²) in [7, 11) is 0. The van der Waals surface area contributed by atoms with E-state index in [-0.39, 0.29) is 6.42 Å². The Morgan fingerprint density at radius 2 is 1.92 bits per heavy atom. The van der Waals surface area contributed by atoms with E-state index in [2.05, 4.69) is 16.8 Å². The van der Waals surface area contributed by atoms with Gasteiger partial charge in [-0.25, -0.2) is 13.8 Å². The lowest BCUT2D eigenvalue weighted by atomic mass is 9.81. The Morgan fingerprint density at radius 1 is 1.23 bits per heavy atom. The van der Waals surface area contributed by atoms with Crippen LogP contribution in [0, 0.1) is 25.5 Å². The topological polar surface area (TPSA) is 36.4 Å². The van der Waals surface area contributed by atoms with E-state index in [1.165, 1.54) is 17.0 Å². The number of benzene rings is 1. The number of fused-ring (bicyclic) bond motifs is 2. The largest absolute Gasteiger partial charge is 0.389 e. The van der Waals surface area contributed by atoms with Gasteiger partial charge in [0.05, 0.1) is 17.8 Å². The molecule has 2 atom stereocenters. The molecule has 0 spiro atoms. The lowest BCUT2D eigenvalue weighted by Gasteiger charge is -2.43. The first-order chi connectivity index (χ1) is 12.3. The third-order valence-electron chi connectivity index (χ3n) is 5.93. The van der Waals surface area contributed by atoms with Gasteiger partial charge in [-0.3, -0.25) is 4.90 Å². The number of rotatable bonds is 4. The molecule has 2 bridgehead atoms. The summed E-state index contributed by atoms with van der Waals surface area (Å²) in [6.07, 6.45) is 3.62. The standard InChI is InChI=1S/C20H24F2N2OS/c1-12-13(2)26-19(23-12)11-24-16-5-6-17(24)10-20(25,9-16)8-14-3-4-15(21)7-18(14)22/h3-4,7,16-17,25H,5-6,8-11H2,1-2H3. The molecule has 2 unspecified atom stereocenters. The Labute approximate surface area is 156 Å². The van der Waals surface area contributed by atoms with Crippen LogP contribution in [0.15, 0.2) is 18.2 Å². The van der Waals surface area contributed by atoms with Crippen molar-refractivity contribution in [2.75, 3.05) is 0 Å². The first-order valence-electron chi connectivity index (χ1n) is 9.18. The molecular formula is C20H24F2N2OS. The van der Waals surface area contributed by atoms with E-state index >= 15 is 0 Å². The van der Waals surface area contributed by atoms with Gasteiger partial charge in [-0.2, -0.15) is 0 Å². The number of aryl methyl sites for hydroxylation is 2. The number of aromatic nitrogens is 1. The molecule has 0 amide bonds. The van der Waals surface area contributed by atoms with Crippen LogP contribution >= 0.6 is 11.3 Å². The highest BCUT2D eigenvalue weighted by atomic mass is 32.1. The van der Waals surface area contributed by atoms with Crippen molar-refractivity contribution in [1.29, 1.82) is 0 Å². The second-order valence-electron chi connectivity index (χ2n) is 7.85. The minimum absolute atomic E-state index is 0.245. The van der Waals surface area contributed by atoms with Crippen LogP contribution in [0.4, 0.5) is 8.78 Å². The van der Waals surface area contributed by atoms with Crippen LogP contribution in [0.2, 0.25) is 0 Å². The fraction of sp³-hybridized carbons (Fsp3) is 0.550. The van der Waals surface area contributed by atoms with Crippen molar-refractivity contribution in [2.24, 2.45) is 0 Å². The molecule has 26 heavy (non-hydrogen) atoms. The van der Waals surface area contributed by atoms with Crippen molar-refractivity contribution < 1.29 is 13.9 Å². The van der Waals surface area contributed by atoms with E-state index in [1.807, 2.05) is 6.92 Å². The van der Waals surface area contributed by atoms with Gasteiger partial charge in [0.1, 0.15) is 16.6 Å². The van der Waals surface area contributed by atoms with E-state index in [4.69, 9.17) is 0 Å². The SMILES string of the molecule is Cc1nc(CN2C3CCC2CC(O)(Cc2ccc(F)cc2F)C3)sc1C. The Balaban J connectivity index is 1.48. The van der Waals surface area contributed by atoms with E-state index in [0.29, 0.717) is 30.5 Å². The average Bonchev–Trinajstić information content (AvgIpc) is 3.00. The minimum Gasteiger partial charge on any atom is -0.389 e. The van der Waals surface area contributed by atoms with Crippen molar-refractivity contribution in [2.45, 2.75) is 70.2 Å². The van der Waals surface area contributed by atoms with Gasteiger partial charge in [-0.1, -0.05) is 6.07 Å². The van der Waals surface area contributed by atoms with Gasteiger partial charge in [-0.05, 0) is 51.2 Å². The lowest BCUT2D eigenvalue weighted by molar-refractivity contribution is -0.0544. The molecule has 2 fully saturated rings. The van der Waals surface area contributed by atoms with Crippen molar-refractivity contribution in [3.8, 4) is 0 Å². The minimum atomic E-state index is -0.921. The average molecular weight is 378 g/mol. The van der Waals surface area contributed by atoms with Crippen LogP contribution in [0.25, 0.3) is 0 Å². The van der Waals surface area contributed by atoms with Crippen LogP contribution in [-0.4, -0.2) is 32.7 Å². The smallest absolute Gasteiger partial charge is 0.129 e. The highest BCUT2D eigenvalue weighted by molar-refractivity contribution is 7.11. The summed E-state index contributed by atoms with van der Waals surface area (Å²) in [6.45, 7) is 4.96. The third kappa shape index (κ3) is 3.42. The maximum atomic E-state index is 14.0. The summed E-state index contributed by atoms with van der Waals surface area (Å²) in [5.41, 5.74) is 0.570. The van der Waals surface area contributed by atoms with Crippen LogP contribution in [0.5, 0.6) is 0 Å². The molecule has 2 aliphatic rings. The lowest BCUT2D eigenvalue weighted by Crippen LogP contribution is -2.51. The Hall–Kier alpha value is -1.37. The summed E-state index contributed by atoms with van der Waals surface area (Å²) in [5, 5.41) is 12.3. The number of thiazole rings is 1. The molecule has 3 heterocycles. The normalized spacial score (nSPS) is 28.7. The van der Waals surface area contributed by atoms with Crippen molar-refractivity contribution >= 4 is 11.3 Å². The zero-order valence-corrected chi connectivity index (χ0v) is 16.0. The molecule has 2 aromatic rings. The number of piperidine rings is 1. The van der Waals surface area contributed by atoms with Crippen LogP contribution in [-0.2, 0) is 13.0 Å². The van der Waals surface area contributed by atoms with E-state index < -0.39 is 17.2 Å². The highest BCUT2D eigenvalue weighted by Gasteiger charge is 2.47. The molecular weight excluding hydrogens is 354 g/mol. The number of aliphatic hydroxyl groups is 1. The predicted molar refractivity (Wildman–Crippen MR) is 98.2 cm³/mol. The Morgan fingerprint density at radius 3 is 2.50 bits per heavy atom. The second-order valence-corrected chi connectivity index (χ2v) is 9.14. The van der Waals surface area contributed by atoms with Crippen LogP contribution in [0.1, 0.15) is 46.8 Å². The van der Waals surface area contributed by atoms with Gasteiger partial charge in [0.15, 0.2) is 0 Å². The van der Waals surface area contributed by atoms with E-state index in [1.54, 1.807) is 11.3 Å². The molecule has 4 rings (SSSR count). The molecule has 1 aromatic heterocycles. The molecule has 3 nitrogen and oxygen atoms in total. The van der Waals surface area contributed by atoms with Crippen molar-refractivity contribution in [3.05, 3.63) is 51.0 Å². The molecule has 0 aliphatic carbocycles. The quantitative estimate of drug-likeness (QED) is 0.869. The second kappa shape index (κ2) is 6.66. The van der Waals surface area contributed by atoms with Gasteiger partial charge in [0.2, 0.25) is 0 Å². The third-order valence-corrected chi connectivity index (χ3v) is 6.99. The molecule has 140 valence electrons. The molecule has 6 heteroatoms. The van der Waals surface area contributed by atoms with Gasteiger partial charge in [-0.15, -0.1) is 11.3 Å². The molecule has 2 saturated heterocycles. The maximum absolute atomic E-state index is 14.0. The van der Waals surface area contributed by atoms with Crippen molar-refractivity contribution in [1.82, 2.24) is 9.88 Å². The van der Waals surface area contributed by atoms with Crippen molar-refractivity contribution in [3.63, 3.8) is 0 Å². The first-order valence-corrected chi connectivity index (χ1v) is 9.99. The summed E-state index contributed by atoms with van der Waals surface area (Å²) in [4.78, 5) is 8.38. The predicted octanol–water partition coefficient (Wildman–Crippen LogP) is 4.14. The number of hydrogen-bond acceptors (Lipinski definition) is 4. The number of nitrogens with zero attached hydrogens (tertiary/aromatic N) is 2. The Bertz CT molecular complexity index is 789. The summed E-state index contributed by atoms with van der Waals surface area (Å²) in [6, 6.07) is 4.21. The van der Waals surface area contributed by atoms with Gasteiger partial charge >= 0.3 is 0 Å². The van der Waals surface area contributed by atoms with Crippen LogP contribution in [0.3, 0.4) is 0 Å². The van der Waals surface area contributed by atoms with Gasteiger partial charge in [0, 0.05) is 29.4 Å². The Kier molecular flexibility index (Phi) is 4.61. The molecule has 1 aromatic carbocycles. The monoisotopic (exact) mass is 378 g/mol. The first kappa shape index (κ1) is 18.0. The van der Waals surface area contributed by atoms with Crippen LogP contribution < -0.4 is 0 Å². The van der Waals surface area contributed by atoms with Gasteiger partial charge in [0.25, 0.3) is 0 Å². The zero-order chi connectivity index (χ0) is 18.5. The summed E-state index contributed by atoms with van der Waals surface area (Å²) < 4.78 is 27.2. The van der Waals surface area contributed by atoms with E-state index in [9.17, 15) is 13.9 Å². The molecule has 1 N–H and O–H groups in total. The number of halogens is 2. The number of hydrogen-bond donors (Lipinski definition) is 1. The molecule has 2 aliphatic heterocycles. The zero-order valence-electron chi connectivity index (χ0n) is 15.1. The molecule has 0 radical (unpaired) electrons. The molecule has 0 saturated carbocycles. The maximum Gasteiger partial charge on any atom is 0.129 e. The van der Waals surface area contributed by atoms with E-state index in [0.717, 1.165) is 36.2 Å². The van der Waals surface area contributed by atoms with Gasteiger partial charge < -0.3 is 5.11 Å². The summed E-state index contributed by atoms with van der Waals surface area (Å²) >= 11 is 1.75. The summed E-state index contributed by atoms with van der Waals surface area (Å²) in [5.74, 6) is -1.15. The fourth-order valence-corrected chi connectivity index (χ4v) is 5.54.